The highest BCUT2D eigenvalue weighted by Crippen LogP contribution is 2.34. The van der Waals surface area contributed by atoms with Gasteiger partial charge in [0.2, 0.25) is 0 Å². The Bertz CT molecular complexity index is 886. The number of alkyl halides is 3. The first-order chi connectivity index (χ1) is 13.4. The molecule has 0 heterocycles. The summed E-state index contributed by atoms with van der Waals surface area (Å²) in [6.07, 6.45) is -2.49. The number of benzene rings is 1. The molecule has 0 spiro atoms. The third kappa shape index (κ3) is 6.91. The minimum absolute atomic E-state index is 0.108. The van der Waals surface area contributed by atoms with Crippen LogP contribution in [-0.2, 0) is 27.1 Å². The van der Waals surface area contributed by atoms with Crippen LogP contribution >= 0.6 is 0 Å². The maximum absolute atomic E-state index is 13.3. The average molecular weight is 412 g/mol. The van der Waals surface area contributed by atoms with Crippen molar-refractivity contribution < 1.29 is 32.4 Å². The second-order valence-electron chi connectivity index (χ2n) is 5.92. The van der Waals surface area contributed by atoms with Gasteiger partial charge >= 0.3 is 12.1 Å². The number of hydrogen-bond acceptors (Lipinski definition) is 5. The molecule has 0 aromatic heterocycles. The molecular formula is C19H19F3N2O5. The molecule has 0 aliphatic heterocycles. The lowest BCUT2D eigenvalue weighted by atomic mass is 10.1. The van der Waals surface area contributed by atoms with Crippen LogP contribution in [0.2, 0.25) is 0 Å². The fraction of sp³-hybridized carbons (Fsp3) is 0.263. The highest BCUT2D eigenvalue weighted by Gasteiger charge is 2.34. The van der Waals surface area contributed by atoms with Gasteiger partial charge in [0.25, 0.3) is 11.6 Å². The van der Waals surface area contributed by atoms with Crippen LogP contribution in [0, 0.1) is 10.1 Å². The lowest BCUT2D eigenvalue weighted by Crippen LogP contribution is -2.16. The smallest absolute Gasteiger partial charge is 0.416 e. The number of halogens is 3. The molecule has 0 unspecified atom stereocenters. The molecule has 0 aliphatic rings. The molecule has 1 amide bonds. The van der Waals surface area contributed by atoms with Crippen LogP contribution in [0.5, 0.6) is 0 Å². The number of anilines is 1. The van der Waals surface area contributed by atoms with Gasteiger partial charge in [0.15, 0.2) is 0 Å². The summed E-state index contributed by atoms with van der Waals surface area (Å²) in [6.45, 7) is 6.78. The molecule has 1 N–H and O–H groups in total. The predicted octanol–water partition coefficient (Wildman–Crippen LogP) is 4.39. The number of nitrogens with one attached hydrogen (secondary N) is 1. The molecule has 0 aliphatic carbocycles. The molecule has 1 aromatic rings. The summed E-state index contributed by atoms with van der Waals surface area (Å²) in [5.41, 5.74) is -1.97. The van der Waals surface area contributed by atoms with Gasteiger partial charge in [0.05, 0.1) is 10.5 Å². The van der Waals surface area contributed by atoms with Crippen molar-refractivity contribution in [3.05, 3.63) is 75.0 Å². The Morgan fingerprint density at radius 3 is 2.38 bits per heavy atom. The van der Waals surface area contributed by atoms with E-state index in [1.165, 1.54) is 26.0 Å². The molecule has 0 bridgehead atoms. The van der Waals surface area contributed by atoms with Crippen molar-refractivity contribution in [3.63, 3.8) is 0 Å². The molecule has 1 aromatic carbocycles. The van der Waals surface area contributed by atoms with Crippen molar-refractivity contribution in [3.8, 4) is 0 Å². The number of carbonyl (C=O) groups excluding carboxylic acids is 2. The number of nitrogens with zero attached hydrogens (tertiary/aromatic N) is 1. The van der Waals surface area contributed by atoms with Crippen molar-refractivity contribution in [2.75, 3.05) is 5.32 Å². The van der Waals surface area contributed by atoms with Crippen molar-refractivity contribution in [1.82, 2.24) is 0 Å². The van der Waals surface area contributed by atoms with E-state index in [4.69, 9.17) is 0 Å². The van der Waals surface area contributed by atoms with Gasteiger partial charge in [-0.15, -0.1) is 0 Å². The largest absolute Gasteiger partial charge is 0.461 e. The molecule has 0 saturated carbocycles. The number of carbonyl (C=O) groups is 2. The maximum atomic E-state index is 13.3. The highest BCUT2D eigenvalue weighted by molar-refractivity contribution is 6.05. The van der Waals surface area contributed by atoms with Crippen LogP contribution in [-0.4, -0.2) is 16.8 Å². The first kappa shape index (κ1) is 23.6. The lowest BCUT2D eigenvalue weighted by Gasteiger charge is -2.15. The van der Waals surface area contributed by atoms with Gasteiger partial charge in [-0.2, -0.15) is 13.2 Å². The number of ether oxygens (including phenoxy) is 1. The summed E-state index contributed by atoms with van der Waals surface area (Å²) >= 11 is 0. The van der Waals surface area contributed by atoms with E-state index in [1.807, 2.05) is 0 Å². The Balaban J connectivity index is 3.20. The zero-order chi connectivity index (χ0) is 22.4. The second-order valence-corrected chi connectivity index (χ2v) is 5.92. The number of allylic oxidation sites excluding steroid dienone is 2. The first-order valence-corrected chi connectivity index (χ1v) is 8.20. The third-order valence-corrected chi connectivity index (χ3v) is 3.60. The molecule has 29 heavy (non-hydrogen) atoms. The molecule has 1 rings (SSSR count). The quantitative estimate of drug-likeness (QED) is 0.235. The van der Waals surface area contributed by atoms with E-state index in [1.54, 1.807) is 0 Å². The second kappa shape index (κ2) is 9.67. The Morgan fingerprint density at radius 1 is 1.31 bits per heavy atom. The Labute approximate surface area is 164 Å². The molecule has 0 atom stereocenters. The van der Waals surface area contributed by atoms with Gasteiger partial charge in [0.1, 0.15) is 6.61 Å². The minimum Gasteiger partial charge on any atom is -0.461 e. The zero-order valence-corrected chi connectivity index (χ0v) is 15.9. The van der Waals surface area contributed by atoms with E-state index in [9.17, 15) is 32.9 Å². The average Bonchev–Trinajstić information content (AvgIpc) is 2.59. The van der Waals surface area contributed by atoms with E-state index in [-0.39, 0.29) is 22.4 Å². The van der Waals surface area contributed by atoms with E-state index < -0.39 is 40.8 Å². The van der Waals surface area contributed by atoms with Crippen LogP contribution in [0.4, 0.5) is 18.9 Å². The molecular weight excluding hydrogens is 393 g/mol. The molecule has 156 valence electrons. The number of nitro groups is 1. The Kier molecular flexibility index (Phi) is 7.87. The summed E-state index contributed by atoms with van der Waals surface area (Å²) in [4.78, 5) is 33.5. The number of amides is 1. The van der Waals surface area contributed by atoms with E-state index in [0.717, 1.165) is 19.1 Å². The summed E-state index contributed by atoms with van der Waals surface area (Å²) in [7, 11) is 0. The predicted molar refractivity (Wildman–Crippen MR) is 99.2 cm³/mol. The normalized spacial score (nSPS) is 12.3. The number of rotatable bonds is 7. The van der Waals surface area contributed by atoms with E-state index >= 15 is 0 Å². The molecule has 7 nitrogen and oxygen atoms in total. The van der Waals surface area contributed by atoms with Crippen molar-refractivity contribution >= 4 is 17.6 Å². The van der Waals surface area contributed by atoms with Crippen LogP contribution in [0.3, 0.4) is 0 Å². The summed E-state index contributed by atoms with van der Waals surface area (Å²) < 4.78 is 44.5. The third-order valence-electron chi connectivity index (χ3n) is 3.60. The summed E-state index contributed by atoms with van der Waals surface area (Å²) in [5, 5.41) is 13.3. The summed E-state index contributed by atoms with van der Waals surface area (Å²) in [5.74, 6) is -1.58. The molecule has 10 heteroatoms. The highest BCUT2D eigenvalue weighted by atomic mass is 19.4. The van der Waals surface area contributed by atoms with Crippen LogP contribution in [0.25, 0.3) is 0 Å². The topological polar surface area (TPSA) is 98.5 Å². The monoisotopic (exact) mass is 412 g/mol. The van der Waals surface area contributed by atoms with Crippen LogP contribution in [0.15, 0.2) is 53.8 Å². The van der Waals surface area contributed by atoms with E-state index in [0.29, 0.717) is 6.07 Å². The Morgan fingerprint density at radius 2 is 1.93 bits per heavy atom. The standard InChI is InChI=1S/C19H19F3N2O5/c1-5-13(8-17(11(2)3)24(27)28)18(26)23-15-7-6-14(10-29-12(4)25)16(9-15)19(20,21)22/h5-9H,2,10H2,1,3-4H3,(H,23,26)/b13-5+,17-8+. The molecule has 0 saturated heterocycles. The SMILES string of the molecule is C=C(C)/C(=C\C(=C/C)C(=O)Nc1ccc(COC(C)=O)c(C(F)(F)F)c1)[N+](=O)[O-]. The first-order valence-electron chi connectivity index (χ1n) is 8.20. The fourth-order valence-corrected chi connectivity index (χ4v) is 2.19. The molecule has 0 radical (unpaired) electrons. The van der Waals surface area contributed by atoms with Crippen LogP contribution in [0.1, 0.15) is 31.9 Å². The van der Waals surface area contributed by atoms with Gasteiger partial charge < -0.3 is 10.1 Å². The van der Waals surface area contributed by atoms with E-state index in [2.05, 4.69) is 16.6 Å². The van der Waals surface area contributed by atoms with Gasteiger partial charge in [-0.3, -0.25) is 19.7 Å². The van der Waals surface area contributed by atoms with Gasteiger partial charge in [-0.25, -0.2) is 0 Å². The van der Waals surface area contributed by atoms with Crippen molar-refractivity contribution in [1.29, 1.82) is 0 Å². The molecule has 0 fully saturated rings. The summed E-state index contributed by atoms with van der Waals surface area (Å²) in [6, 6.07) is 2.97. The Hall–Kier alpha value is -3.43. The van der Waals surface area contributed by atoms with Gasteiger partial charge in [-0.05, 0) is 26.0 Å². The maximum Gasteiger partial charge on any atom is 0.416 e. The zero-order valence-electron chi connectivity index (χ0n) is 15.9. The van der Waals surface area contributed by atoms with Crippen LogP contribution < -0.4 is 5.32 Å². The fourth-order valence-electron chi connectivity index (χ4n) is 2.19. The number of esters is 1. The van der Waals surface area contributed by atoms with Gasteiger partial charge in [-0.1, -0.05) is 18.7 Å². The lowest BCUT2D eigenvalue weighted by molar-refractivity contribution is -0.420. The van der Waals surface area contributed by atoms with Crippen molar-refractivity contribution in [2.45, 2.75) is 33.6 Å². The van der Waals surface area contributed by atoms with Crippen molar-refractivity contribution in [2.24, 2.45) is 0 Å². The minimum atomic E-state index is -4.75. The van der Waals surface area contributed by atoms with Gasteiger partial charge in [0, 0.05) is 35.4 Å². The number of hydrogen-bond donors (Lipinski definition) is 1.